The third kappa shape index (κ3) is 6.33. The lowest BCUT2D eigenvalue weighted by Gasteiger charge is -2.31. The molecule has 0 spiro atoms. The van der Waals surface area contributed by atoms with Crippen molar-refractivity contribution < 1.29 is 14.6 Å². The molecule has 0 radical (unpaired) electrons. The fourth-order valence-electron chi connectivity index (χ4n) is 3.36. The van der Waals surface area contributed by atoms with E-state index < -0.39 is 6.10 Å². The number of morpholine rings is 1. The number of aliphatic hydroxyl groups excluding tert-OH is 1. The standard InChI is InChI=1S/C22H30N2O3/c1-26-21-9-7-19(8-10-21)17-24(12-11-23-13-15-27-16-14-23)18-22(25)20-5-3-2-4-6-20/h2-10,22,25H,11-18H2,1H3/t22-/m1/s1. The molecule has 1 N–H and O–H groups in total. The summed E-state index contributed by atoms with van der Waals surface area (Å²) in [7, 11) is 1.68. The van der Waals surface area contributed by atoms with Gasteiger partial charge in [-0.05, 0) is 23.3 Å². The Morgan fingerprint density at radius 3 is 2.44 bits per heavy atom. The molecule has 0 unspecified atom stereocenters. The van der Waals surface area contributed by atoms with E-state index in [-0.39, 0.29) is 0 Å². The lowest BCUT2D eigenvalue weighted by atomic mass is 10.1. The number of rotatable bonds is 9. The van der Waals surface area contributed by atoms with Crippen molar-refractivity contribution in [2.45, 2.75) is 12.6 Å². The largest absolute Gasteiger partial charge is 0.497 e. The molecule has 1 atom stereocenters. The van der Waals surface area contributed by atoms with Crippen LogP contribution in [0.2, 0.25) is 0 Å². The van der Waals surface area contributed by atoms with Gasteiger partial charge >= 0.3 is 0 Å². The van der Waals surface area contributed by atoms with Crippen molar-refractivity contribution >= 4 is 0 Å². The predicted molar refractivity (Wildman–Crippen MR) is 107 cm³/mol. The van der Waals surface area contributed by atoms with Gasteiger partial charge in [-0.3, -0.25) is 9.80 Å². The second kappa shape index (κ2) is 10.4. The number of ether oxygens (including phenoxy) is 2. The Bertz CT molecular complexity index is 657. The normalized spacial score (nSPS) is 16.4. The van der Waals surface area contributed by atoms with E-state index >= 15 is 0 Å². The lowest BCUT2D eigenvalue weighted by Crippen LogP contribution is -2.42. The third-order valence-corrected chi connectivity index (χ3v) is 5.02. The van der Waals surface area contributed by atoms with Crippen LogP contribution in [0.25, 0.3) is 0 Å². The molecule has 3 rings (SSSR count). The fraction of sp³-hybridized carbons (Fsp3) is 0.455. The molecule has 1 aliphatic rings. The highest BCUT2D eigenvalue weighted by Crippen LogP contribution is 2.17. The highest BCUT2D eigenvalue weighted by Gasteiger charge is 2.17. The molecule has 1 aliphatic heterocycles. The van der Waals surface area contributed by atoms with Gasteiger partial charge in [-0.25, -0.2) is 0 Å². The third-order valence-electron chi connectivity index (χ3n) is 5.02. The zero-order chi connectivity index (χ0) is 18.9. The maximum Gasteiger partial charge on any atom is 0.118 e. The van der Waals surface area contributed by atoms with Crippen molar-refractivity contribution in [3.05, 3.63) is 65.7 Å². The molecule has 27 heavy (non-hydrogen) atoms. The second-order valence-corrected chi connectivity index (χ2v) is 6.96. The van der Waals surface area contributed by atoms with E-state index in [2.05, 4.69) is 21.9 Å². The highest BCUT2D eigenvalue weighted by molar-refractivity contribution is 5.27. The van der Waals surface area contributed by atoms with Crippen LogP contribution in [0.4, 0.5) is 0 Å². The molecular weight excluding hydrogens is 340 g/mol. The number of hydrogen-bond donors (Lipinski definition) is 1. The molecule has 2 aromatic carbocycles. The minimum Gasteiger partial charge on any atom is -0.497 e. The molecule has 1 heterocycles. The van der Waals surface area contributed by atoms with Crippen LogP contribution in [0.15, 0.2) is 54.6 Å². The minimum absolute atomic E-state index is 0.492. The van der Waals surface area contributed by atoms with Gasteiger partial charge in [0, 0.05) is 39.3 Å². The van der Waals surface area contributed by atoms with Crippen molar-refractivity contribution in [3.63, 3.8) is 0 Å². The molecule has 1 fully saturated rings. The van der Waals surface area contributed by atoms with Crippen LogP contribution >= 0.6 is 0 Å². The number of aliphatic hydroxyl groups is 1. The van der Waals surface area contributed by atoms with Gasteiger partial charge in [0.1, 0.15) is 5.75 Å². The van der Waals surface area contributed by atoms with E-state index in [0.717, 1.165) is 57.3 Å². The lowest BCUT2D eigenvalue weighted by molar-refractivity contribution is 0.0291. The molecule has 0 saturated carbocycles. The number of nitrogens with zero attached hydrogens (tertiary/aromatic N) is 2. The zero-order valence-corrected chi connectivity index (χ0v) is 16.1. The van der Waals surface area contributed by atoms with Crippen LogP contribution < -0.4 is 4.74 Å². The summed E-state index contributed by atoms with van der Waals surface area (Å²) in [4.78, 5) is 4.76. The first-order valence-corrected chi connectivity index (χ1v) is 9.63. The van der Waals surface area contributed by atoms with Crippen molar-refractivity contribution in [3.8, 4) is 5.75 Å². The summed E-state index contributed by atoms with van der Waals surface area (Å²) in [5.41, 5.74) is 2.18. The van der Waals surface area contributed by atoms with E-state index in [4.69, 9.17) is 9.47 Å². The average Bonchev–Trinajstić information content (AvgIpc) is 2.74. The smallest absolute Gasteiger partial charge is 0.118 e. The molecule has 1 saturated heterocycles. The van der Waals surface area contributed by atoms with Gasteiger partial charge in [0.25, 0.3) is 0 Å². The monoisotopic (exact) mass is 370 g/mol. The SMILES string of the molecule is COc1ccc(CN(CCN2CCOCC2)C[C@@H](O)c2ccccc2)cc1. The number of methoxy groups -OCH3 is 1. The van der Waals surface area contributed by atoms with Gasteiger partial charge in [-0.2, -0.15) is 0 Å². The molecule has 146 valence electrons. The van der Waals surface area contributed by atoms with Gasteiger partial charge in [-0.1, -0.05) is 42.5 Å². The topological polar surface area (TPSA) is 45.2 Å². The van der Waals surface area contributed by atoms with Crippen molar-refractivity contribution in [1.29, 1.82) is 0 Å². The van der Waals surface area contributed by atoms with Gasteiger partial charge < -0.3 is 14.6 Å². The Morgan fingerprint density at radius 2 is 1.78 bits per heavy atom. The minimum atomic E-state index is -0.492. The summed E-state index contributed by atoms with van der Waals surface area (Å²) in [6, 6.07) is 18.1. The first kappa shape index (κ1) is 19.8. The van der Waals surface area contributed by atoms with Crippen molar-refractivity contribution in [1.82, 2.24) is 9.80 Å². The average molecular weight is 370 g/mol. The van der Waals surface area contributed by atoms with E-state index in [9.17, 15) is 5.11 Å². The highest BCUT2D eigenvalue weighted by atomic mass is 16.5. The van der Waals surface area contributed by atoms with Crippen LogP contribution in [0.1, 0.15) is 17.2 Å². The maximum atomic E-state index is 10.7. The Hall–Kier alpha value is -1.92. The van der Waals surface area contributed by atoms with E-state index in [1.165, 1.54) is 5.56 Å². The number of hydrogen-bond acceptors (Lipinski definition) is 5. The summed E-state index contributed by atoms with van der Waals surface area (Å²) in [5, 5.41) is 10.7. The van der Waals surface area contributed by atoms with Crippen molar-refractivity contribution in [2.24, 2.45) is 0 Å². The summed E-state index contributed by atoms with van der Waals surface area (Å²) >= 11 is 0. The molecular formula is C22H30N2O3. The number of benzene rings is 2. The Kier molecular flexibility index (Phi) is 7.66. The van der Waals surface area contributed by atoms with E-state index in [1.54, 1.807) is 7.11 Å². The molecule has 0 aliphatic carbocycles. The van der Waals surface area contributed by atoms with Gasteiger partial charge in [-0.15, -0.1) is 0 Å². The summed E-state index contributed by atoms with van der Waals surface area (Å²) in [6.45, 7) is 6.90. The zero-order valence-electron chi connectivity index (χ0n) is 16.1. The summed E-state index contributed by atoms with van der Waals surface area (Å²) < 4.78 is 10.7. The predicted octanol–water partition coefficient (Wildman–Crippen LogP) is 2.56. The van der Waals surface area contributed by atoms with Crippen molar-refractivity contribution in [2.75, 3.05) is 53.0 Å². The summed E-state index contributed by atoms with van der Waals surface area (Å²) in [6.07, 6.45) is -0.492. The van der Waals surface area contributed by atoms with Gasteiger partial charge in [0.15, 0.2) is 0 Å². The Balaban J connectivity index is 1.62. The molecule has 5 heteroatoms. The second-order valence-electron chi connectivity index (χ2n) is 6.96. The molecule has 2 aromatic rings. The quantitative estimate of drug-likeness (QED) is 0.735. The van der Waals surface area contributed by atoms with Crippen LogP contribution in [0.3, 0.4) is 0 Å². The molecule has 0 amide bonds. The molecule has 5 nitrogen and oxygen atoms in total. The molecule has 0 bridgehead atoms. The van der Waals surface area contributed by atoms with Gasteiger partial charge in [0.05, 0.1) is 26.4 Å². The summed E-state index contributed by atoms with van der Waals surface area (Å²) in [5.74, 6) is 0.864. The van der Waals surface area contributed by atoms with E-state index in [0.29, 0.717) is 6.54 Å². The maximum absolute atomic E-state index is 10.7. The van der Waals surface area contributed by atoms with Crippen LogP contribution in [-0.4, -0.2) is 68.0 Å². The van der Waals surface area contributed by atoms with Crippen LogP contribution in [-0.2, 0) is 11.3 Å². The fourth-order valence-corrected chi connectivity index (χ4v) is 3.36. The molecule has 0 aromatic heterocycles. The van der Waals surface area contributed by atoms with Gasteiger partial charge in [0.2, 0.25) is 0 Å². The Morgan fingerprint density at radius 1 is 1.07 bits per heavy atom. The Labute approximate surface area is 162 Å². The van der Waals surface area contributed by atoms with E-state index in [1.807, 2.05) is 42.5 Å². The first-order valence-electron chi connectivity index (χ1n) is 9.63. The van der Waals surface area contributed by atoms with Crippen LogP contribution in [0, 0.1) is 0 Å². The first-order chi connectivity index (χ1) is 13.2. The van der Waals surface area contributed by atoms with Crippen LogP contribution in [0.5, 0.6) is 5.75 Å².